The zero-order valence-electron chi connectivity index (χ0n) is 8.09. The Bertz CT molecular complexity index is 116. The van der Waals surface area contributed by atoms with Crippen molar-refractivity contribution in [1.82, 2.24) is 0 Å². The maximum atomic E-state index is 5.70. The van der Waals surface area contributed by atoms with Crippen molar-refractivity contribution in [3.63, 3.8) is 0 Å². The molecule has 1 aliphatic rings. The molecule has 0 aromatic rings. The van der Waals surface area contributed by atoms with Crippen LogP contribution in [-0.2, 0) is 4.74 Å². The van der Waals surface area contributed by atoms with E-state index in [0.29, 0.717) is 12.0 Å². The highest BCUT2D eigenvalue weighted by Crippen LogP contribution is 2.23. The molecular formula is C10H21NO. The van der Waals surface area contributed by atoms with Gasteiger partial charge in [0.1, 0.15) is 0 Å². The van der Waals surface area contributed by atoms with Crippen molar-refractivity contribution in [3.05, 3.63) is 0 Å². The van der Waals surface area contributed by atoms with Crippen LogP contribution in [0.1, 0.15) is 39.0 Å². The fourth-order valence-electron chi connectivity index (χ4n) is 1.90. The van der Waals surface area contributed by atoms with Crippen LogP contribution < -0.4 is 5.73 Å². The highest BCUT2D eigenvalue weighted by Gasteiger charge is 2.23. The van der Waals surface area contributed by atoms with Crippen LogP contribution in [0.25, 0.3) is 0 Å². The second-order valence-electron chi connectivity index (χ2n) is 3.69. The van der Waals surface area contributed by atoms with Gasteiger partial charge in [0.05, 0.1) is 6.10 Å². The van der Waals surface area contributed by atoms with Gasteiger partial charge in [-0.3, -0.25) is 0 Å². The number of hydrogen-bond donors (Lipinski definition) is 1. The van der Waals surface area contributed by atoms with Crippen molar-refractivity contribution in [1.29, 1.82) is 0 Å². The molecule has 0 bridgehead atoms. The van der Waals surface area contributed by atoms with Gasteiger partial charge in [0.2, 0.25) is 0 Å². The van der Waals surface area contributed by atoms with Gasteiger partial charge in [0, 0.05) is 6.61 Å². The van der Waals surface area contributed by atoms with Crippen LogP contribution in [0.2, 0.25) is 0 Å². The average Bonchev–Trinajstić information content (AvgIpc) is 2.15. The average molecular weight is 171 g/mol. The van der Waals surface area contributed by atoms with E-state index < -0.39 is 0 Å². The van der Waals surface area contributed by atoms with E-state index in [-0.39, 0.29) is 0 Å². The van der Waals surface area contributed by atoms with Gasteiger partial charge in [0.25, 0.3) is 0 Å². The van der Waals surface area contributed by atoms with Crippen LogP contribution in [0.5, 0.6) is 0 Å². The van der Waals surface area contributed by atoms with Crippen LogP contribution in [-0.4, -0.2) is 19.3 Å². The van der Waals surface area contributed by atoms with Crippen molar-refractivity contribution in [3.8, 4) is 0 Å². The molecule has 2 N–H and O–H groups in total. The third kappa shape index (κ3) is 2.76. The highest BCUT2D eigenvalue weighted by atomic mass is 16.5. The molecular weight excluding hydrogens is 150 g/mol. The van der Waals surface area contributed by atoms with Crippen molar-refractivity contribution in [2.75, 3.05) is 13.2 Å². The predicted octanol–water partition coefficient (Wildman–Crippen LogP) is 1.93. The Morgan fingerprint density at radius 2 is 2.33 bits per heavy atom. The maximum absolute atomic E-state index is 5.70. The van der Waals surface area contributed by atoms with Gasteiger partial charge < -0.3 is 10.5 Å². The summed E-state index contributed by atoms with van der Waals surface area (Å²) in [4.78, 5) is 0. The van der Waals surface area contributed by atoms with E-state index in [9.17, 15) is 0 Å². The van der Waals surface area contributed by atoms with Gasteiger partial charge in [-0.2, -0.15) is 0 Å². The SMILES string of the molecule is CCCCC1OCCCC1CN. The lowest BCUT2D eigenvalue weighted by Gasteiger charge is -2.30. The van der Waals surface area contributed by atoms with E-state index in [0.717, 1.165) is 13.2 Å². The van der Waals surface area contributed by atoms with Gasteiger partial charge in [-0.15, -0.1) is 0 Å². The molecule has 2 unspecified atom stereocenters. The lowest BCUT2D eigenvalue weighted by Crippen LogP contribution is -2.34. The Morgan fingerprint density at radius 1 is 1.50 bits per heavy atom. The molecule has 0 saturated carbocycles. The van der Waals surface area contributed by atoms with Crippen molar-refractivity contribution in [2.24, 2.45) is 11.7 Å². The van der Waals surface area contributed by atoms with Crippen LogP contribution in [0.15, 0.2) is 0 Å². The molecule has 2 heteroatoms. The van der Waals surface area contributed by atoms with Crippen LogP contribution in [0.4, 0.5) is 0 Å². The summed E-state index contributed by atoms with van der Waals surface area (Å²) < 4.78 is 5.70. The molecule has 0 amide bonds. The largest absolute Gasteiger partial charge is 0.378 e. The van der Waals surface area contributed by atoms with Crippen molar-refractivity contribution >= 4 is 0 Å². The first-order chi connectivity index (χ1) is 5.88. The number of nitrogens with two attached hydrogens (primary N) is 1. The fourth-order valence-corrected chi connectivity index (χ4v) is 1.90. The van der Waals surface area contributed by atoms with E-state index in [2.05, 4.69) is 6.92 Å². The molecule has 72 valence electrons. The molecule has 0 spiro atoms. The second kappa shape index (κ2) is 5.55. The first kappa shape index (κ1) is 10.0. The minimum absolute atomic E-state index is 0.462. The van der Waals surface area contributed by atoms with Gasteiger partial charge in [-0.25, -0.2) is 0 Å². The minimum Gasteiger partial charge on any atom is -0.378 e. The molecule has 12 heavy (non-hydrogen) atoms. The Morgan fingerprint density at radius 3 is 3.00 bits per heavy atom. The van der Waals surface area contributed by atoms with E-state index >= 15 is 0 Å². The van der Waals surface area contributed by atoms with E-state index in [4.69, 9.17) is 10.5 Å². The predicted molar refractivity (Wildman–Crippen MR) is 51.0 cm³/mol. The van der Waals surface area contributed by atoms with E-state index in [1.165, 1.54) is 32.1 Å². The summed E-state index contributed by atoms with van der Waals surface area (Å²) in [6, 6.07) is 0. The Kier molecular flexibility index (Phi) is 4.62. The zero-order valence-corrected chi connectivity index (χ0v) is 8.09. The highest BCUT2D eigenvalue weighted by molar-refractivity contribution is 4.74. The van der Waals surface area contributed by atoms with Gasteiger partial charge >= 0.3 is 0 Å². The Hall–Kier alpha value is -0.0800. The van der Waals surface area contributed by atoms with Crippen LogP contribution in [0, 0.1) is 5.92 Å². The third-order valence-electron chi connectivity index (χ3n) is 2.72. The number of hydrogen-bond acceptors (Lipinski definition) is 2. The monoisotopic (exact) mass is 171 g/mol. The normalized spacial score (nSPS) is 30.5. The molecule has 0 radical (unpaired) electrons. The smallest absolute Gasteiger partial charge is 0.0615 e. The van der Waals surface area contributed by atoms with Crippen LogP contribution in [0.3, 0.4) is 0 Å². The number of ether oxygens (including phenoxy) is 1. The molecule has 0 aromatic heterocycles. The minimum atomic E-state index is 0.462. The Balaban J connectivity index is 2.26. The Labute approximate surface area is 75.5 Å². The summed E-state index contributed by atoms with van der Waals surface area (Å²) in [6.07, 6.45) is 6.68. The fraction of sp³-hybridized carbons (Fsp3) is 1.00. The summed E-state index contributed by atoms with van der Waals surface area (Å²) in [5.41, 5.74) is 5.69. The summed E-state index contributed by atoms with van der Waals surface area (Å²) in [5.74, 6) is 0.630. The number of unbranched alkanes of at least 4 members (excludes halogenated alkanes) is 1. The third-order valence-corrected chi connectivity index (χ3v) is 2.72. The summed E-state index contributed by atoms with van der Waals surface area (Å²) in [7, 11) is 0. The molecule has 1 saturated heterocycles. The van der Waals surface area contributed by atoms with Gasteiger partial charge in [-0.1, -0.05) is 19.8 Å². The van der Waals surface area contributed by atoms with Crippen molar-refractivity contribution in [2.45, 2.75) is 45.1 Å². The summed E-state index contributed by atoms with van der Waals surface area (Å²) >= 11 is 0. The summed E-state index contributed by atoms with van der Waals surface area (Å²) in [5, 5.41) is 0. The van der Waals surface area contributed by atoms with Crippen LogP contribution >= 0.6 is 0 Å². The van der Waals surface area contributed by atoms with Gasteiger partial charge in [0.15, 0.2) is 0 Å². The molecule has 1 heterocycles. The standard InChI is InChI=1S/C10H21NO/c1-2-3-6-10-9(8-11)5-4-7-12-10/h9-10H,2-8,11H2,1H3. The summed E-state index contributed by atoms with van der Waals surface area (Å²) in [6.45, 7) is 3.97. The first-order valence-electron chi connectivity index (χ1n) is 5.20. The second-order valence-corrected chi connectivity index (χ2v) is 3.69. The van der Waals surface area contributed by atoms with E-state index in [1.807, 2.05) is 0 Å². The van der Waals surface area contributed by atoms with Gasteiger partial charge in [-0.05, 0) is 31.7 Å². The molecule has 1 fully saturated rings. The molecule has 1 rings (SSSR count). The lowest BCUT2D eigenvalue weighted by molar-refractivity contribution is -0.0286. The maximum Gasteiger partial charge on any atom is 0.0615 e. The van der Waals surface area contributed by atoms with E-state index in [1.54, 1.807) is 0 Å². The lowest BCUT2D eigenvalue weighted by atomic mass is 9.91. The number of rotatable bonds is 4. The molecule has 2 nitrogen and oxygen atoms in total. The molecule has 0 aliphatic carbocycles. The zero-order chi connectivity index (χ0) is 8.81. The topological polar surface area (TPSA) is 35.2 Å². The molecule has 2 atom stereocenters. The van der Waals surface area contributed by atoms with Crippen molar-refractivity contribution < 1.29 is 4.74 Å². The quantitative estimate of drug-likeness (QED) is 0.701. The first-order valence-corrected chi connectivity index (χ1v) is 5.20. The molecule has 0 aromatic carbocycles. The molecule has 1 aliphatic heterocycles.